The van der Waals surface area contributed by atoms with Crippen LogP contribution in [0.2, 0.25) is 5.02 Å². The number of aryl methyl sites for hydroxylation is 1. The van der Waals surface area contributed by atoms with Crippen LogP contribution in [0.1, 0.15) is 18.2 Å². The number of anilines is 1. The number of amides is 1. The van der Waals surface area contributed by atoms with Crippen molar-refractivity contribution in [2.75, 3.05) is 5.32 Å². The molecule has 0 aliphatic carbocycles. The first-order valence-corrected chi connectivity index (χ1v) is 8.85. The van der Waals surface area contributed by atoms with Crippen molar-refractivity contribution in [2.24, 2.45) is 0 Å². The lowest BCUT2D eigenvalue weighted by Gasteiger charge is -2.05. The number of nitriles is 1. The van der Waals surface area contributed by atoms with Crippen LogP contribution in [-0.2, 0) is 11.2 Å². The van der Waals surface area contributed by atoms with Crippen LogP contribution in [0.15, 0.2) is 70.7 Å². The summed E-state index contributed by atoms with van der Waals surface area (Å²) in [6.07, 6.45) is 2.33. The molecule has 3 aromatic rings. The van der Waals surface area contributed by atoms with Gasteiger partial charge in [0.05, 0.1) is 5.02 Å². The van der Waals surface area contributed by atoms with E-state index < -0.39 is 5.91 Å². The fourth-order valence-corrected chi connectivity index (χ4v) is 2.78. The normalized spacial score (nSPS) is 11.1. The van der Waals surface area contributed by atoms with Crippen molar-refractivity contribution in [3.63, 3.8) is 0 Å². The molecule has 1 amide bonds. The minimum absolute atomic E-state index is 0.0466. The average Bonchev–Trinajstić information content (AvgIpc) is 3.15. The van der Waals surface area contributed by atoms with Crippen molar-refractivity contribution in [3.05, 3.63) is 82.6 Å². The van der Waals surface area contributed by atoms with Crippen LogP contribution in [0, 0.1) is 11.3 Å². The minimum Gasteiger partial charge on any atom is -0.457 e. The zero-order valence-electron chi connectivity index (χ0n) is 14.7. The Kier molecular flexibility index (Phi) is 5.75. The average molecular weight is 377 g/mol. The lowest BCUT2D eigenvalue weighted by atomic mass is 10.1. The highest BCUT2D eigenvalue weighted by molar-refractivity contribution is 6.33. The zero-order chi connectivity index (χ0) is 19.2. The summed E-state index contributed by atoms with van der Waals surface area (Å²) in [5.41, 5.74) is 2.51. The molecule has 0 bridgehead atoms. The van der Waals surface area contributed by atoms with Gasteiger partial charge in [-0.1, -0.05) is 42.8 Å². The molecule has 5 heteroatoms. The van der Waals surface area contributed by atoms with E-state index in [2.05, 4.69) is 12.2 Å². The predicted molar refractivity (Wildman–Crippen MR) is 107 cm³/mol. The smallest absolute Gasteiger partial charge is 0.266 e. The quantitative estimate of drug-likeness (QED) is 0.458. The van der Waals surface area contributed by atoms with Crippen molar-refractivity contribution >= 4 is 29.3 Å². The molecule has 4 nitrogen and oxygen atoms in total. The number of nitrogens with one attached hydrogen (secondary N) is 1. The number of nitrogens with zero attached hydrogens (tertiary/aromatic N) is 1. The van der Waals surface area contributed by atoms with E-state index in [9.17, 15) is 10.1 Å². The molecule has 0 atom stereocenters. The van der Waals surface area contributed by atoms with Crippen molar-refractivity contribution in [1.29, 1.82) is 5.26 Å². The van der Waals surface area contributed by atoms with Gasteiger partial charge in [-0.25, -0.2) is 0 Å². The van der Waals surface area contributed by atoms with Gasteiger partial charge in [0, 0.05) is 17.3 Å². The van der Waals surface area contributed by atoms with Crippen molar-refractivity contribution < 1.29 is 9.21 Å². The van der Waals surface area contributed by atoms with E-state index in [0.29, 0.717) is 22.2 Å². The van der Waals surface area contributed by atoms with Crippen molar-refractivity contribution in [3.8, 4) is 17.4 Å². The maximum atomic E-state index is 12.4. The number of carbonyl (C=O) groups is 1. The van der Waals surface area contributed by atoms with Crippen LogP contribution < -0.4 is 5.32 Å². The first-order valence-electron chi connectivity index (χ1n) is 8.47. The second-order valence-corrected chi connectivity index (χ2v) is 6.26. The standard InChI is InChI=1S/C22H17ClN2O2/c1-2-15-7-9-17(10-8-15)25-22(26)16(14-24)13-18-11-12-21(27-18)19-5-3-4-6-20(19)23/h3-13H,2H2,1H3,(H,25,26)/b16-13+. The fraction of sp³-hybridized carbons (Fsp3) is 0.0909. The molecular weight excluding hydrogens is 360 g/mol. The SMILES string of the molecule is CCc1ccc(NC(=O)/C(C#N)=C/c2ccc(-c3ccccc3Cl)o2)cc1. The first kappa shape index (κ1) is 18.5. The predicted octanol–water partition coefficient (Wildman–Crippen LogP) is 5.71. The Morgan fingerprint density at radius 3 is 2.56 bits per heavy atom. The lowest BCUT2D eigenvalue weighted by Crippen LogP contribution is -2.13. The Labute approximate surface area is 162 Å². The molecule has 0 spiro atoms. The molecule has 1 N–H and O–H groups in total. The van der Waals surface area contributed by atoms with Gasteiger partial charge >= 0.3 is 0 Å². The van der Waals surface area contributed by atoms with Crippen LogP contribution >= 0.6 is 11.6 Å². The molecule has 3 rings (SSSR count). The molecule has 0 aliphatic heterocycles. The van der Waals surface area contributed by atoms with Gasteiger partial charge in [-0.2, -0.15) is 5.26 Å². The van der Waals surface area contributed by atoms with Gasteiger partial charge < -0.3 is 9.73 Å². The van der Waals surface area contributed by atoms with Gasteiger partial charge in [0.1, 0.15) is 23.2 Å². The summed E-state index contributed by atoms with van der Waals surface area (Å²) in [5, 5.41) is 12.6. The highest BCUT2D eigenvalue weighted by Crippen LogP contribution is 2.29. The van der Waals surface area contributed by atoms with Gasteiger partial charge in [0.15, 0.2) is 0 Å². The van der Waals surface area contributed by atoms with Gasteiger partial charge in [0.25, 0.3) is 5.91 Å². The summed E-state index contributed by atoms with van der Waals surface area (Å²) >= 11 is 6.17. The molecule has 134 valence electrons. The number of halogens is 1. The molecule has 2 aromatic carbocycles. The summed E-state index contributed by atoms with van der Waals surface area (Å²) in [5.74, 6) is 0.482. The van der Waals surface area contributed by atoms with E-state index in [1.807, 2.05) is 48.5 Å². The summed E-state index contributed by atoms with van der Waals surface area (Å²) in [6, 6.07) is 20.2. The summed E-state index contributed by atoms with van der Waals surface area (Å²) in [4.78, 5) is 12.4. The molecule has 1 aromatic heterocycles. The largest absolute Gasteiger partial charge is 0.457 e. The number of furan rings is 1. The second-order valence-electron chi connectivity index (χ2n) is 5.86. The fourth-order valence-electron chi connectivity index (χ4n) is 2.55. The molecule has 1 heterocycles. The van der Waals surface area contributed by atoms with E-state index >= 15 is 0 Å². The Bertz CT molecular complexity index is 1030. The Morgan fingerprint density at radius 2 is 1.89 bits per heavy atom. The third kappa shape index (κ3) is 4.46. The number of rotatable bonds is 5. The van der Waals surface area contributed by atoms with Crippen LogP contribution in [0.5, 0.6) is 0 Å². The van der Waals surface area contributed by atoms with Crippen LogP contribution in [0.4, 0.5) is 5.69 Å². The highest BCUT2D eigenvalue weighted by Gasteiger charge is 2.12. The summed E-state index contributed by atoms with van der Waals surface area (Å²) < 4.78 is 5.72. The Morgan fingerprint density at radius 1 is 1.15 bits per heavy atom. The van der Waals surface area contributed by atoms with Gasteiger partial charge in [-0.15, -0.1) is 0 Å². The molecule has 0 unspecified atom stereocenters. The molecular formula is C22H17ClN2O2. The zero-order valence-corrected chi connectivity index (χ0v) is 15.5. The van der Waals surface area contributed by atoms with E-state index in [0.717, 1.165) is 12.0 Å². The highest BCUT2D eigenvalue weighted by atomic mass is 35.5. The Hall–Kier alpha value is -3.29. The maximum absolute atomic E-state index is 12.4. The topological polar surface area (TPSA) is 66.0 Å². The second kappa shape index (κ2) is 8.39. The molecule has 0 aliphatic rings. The third-order valence-corrected chi connectivity index (χ3v) is 4.37. The summed E-state index contributed by atoms with van der Waals surface area (Å²) in [7, 11) is 0. The monoisotopic (exact) mass is 376 g/mol. The number of carbonyl (C=O) groups excluding carboxylic acids is 1. The van der Waals surface area contributed by atoms with Crippen LogP contribution in [-0.4, -0.2) is 5.91 Å². The number of hydrogen-bond acceptors (Lipinski definition) is 3. The van der Waals surface area contributed by atoms with Gasteiger partial charge in [-0.3, -0.25) is 4.79 Å². The number of benzene rings is 2. The lowest BCUT2D eigenvalue weighted by molar-refractivity contribution is -0.112. The van der Waals surface area contributed by atoms with Gasteiger partial charge in [-0.05, 0) is 48.4 Å². The van der Waals surface area contributed by atoms with E-state index in [4.69, 9.17) is 16.0 Å². The molecule has 0 fully saturated rings. The van der Waals surface area contributed by atoms with Crippen LogP contribution in [0.25, 0.3) is 17.4 Å². The van der Waals surface area contributed by atoms with Crippen molar-refractivity contribution in [1.82, 2.24) is 0 Å². The Balaban J connectivity index is 1.79. The minimum atomic E-state index is -0.488. The van der Waals surface area contributed by atoms with E-state index in [1.54, 1.807) is 18.2 Å². The molecule has 0 radical (unpaired) electrons. The van der Waals surface area contributed by atoms with E-state index in [1.165, 1.54) is 11.6 Å². The molecule has 27 heavy (non-hydrogen) atoms. The molecule has 0 saturated carbocycles. The molecule has 0 saturated heterocycles. The maximum Gasteiger partial charge on any atom is 0.266 e. The van der Waals surface area contributed by atoms with Gasteiger partial charge in [0.2, 0.25) is 0 Å². The first-order chi connectivity index (χ1) is 13.1. The van der Waals surface area contributed by atoms with Crippen LogP contribution in [0.3, 0.4) is 0 Å². The third-order valence-electron chi connectivity index (χ3n) is 4.04. The van der Waals surface area contributed by atoms with Crippen molar-refractivity contribution in [2.45, 2.75) is 13.3 Å². The summed E-state index contributed by atoms with van der Waals surface area (Å²) in [6.45, 7) is 2.06. The number of hydrogen-bond donors (Lipinski definition) is 1. The van der Waals surface area contributed by atoms with E-state index in [-0.39, 0.29) is 5.57 Å².